The molecular formula is C16H13FN2O3S. The van der Waals surface area contributed by atoms with E-state index >= 15 is 0 Å². The van der Waals surface area contributed by atoms with Gasteiger partial charge in [0.25, 0.3) is 0 Å². The second kappa shape index (κ2) is 6.29. The third-order valence-corrected chi connectivity index (χ3v) is 4.25. The molecule has 0 aliphatic heterocycles. The number of esters is 1. The predicted octanol–water partition coefficient (Wildman–Crippen LogP) is 3.12. The predicted molar refractivity (Wildman–Crippen MR) is 84.2 cm³/mol. The lowest BCUT2D eigenvalue weighted by atomic mass is 10.1. The highest BCUT2D eigenvalue weighted by Crippen LogP contribution is 2.28. The van der Waals surface area contributed by atoms with Crippen LogP contribution < -0.4 is 0 Å². The number of halogens is 1. The third-order valence-electron chi connectivity index (χ3n) is 3.26. The van der Waals surface area contributed by atoms with E-state index in [1.165, 1.54) is 23.5 Å². The van der Waals surface area contributed by atoms with Crippen LogP contribution in [0.1, 0.15) is 22.3 Å². The molecule has 0 atom stereocenters. The Hall–Kier alpha value is -2.54. The molecule has 0 bridgehead atoms. The molecular weight excluding hydrogens is 319 g/mol. The Morgan fingerprint density at radius 1 is 1.39 bits per heavy atom. The van der Waals surface area contributed by atoms with Crippen LogP contribution in [0.4, 0.5) is 4.39 Å². The minimum atomic E-state index is -0.348. The van der Waals surface area contributed by atoms with Crippen LogP contribution in [-0.4, -0.2) is 28.2 Å². The Morgan fingerprint density at radius 2 is 2.13 bits per heavy atom. The summed E-state index contributed by atoms with van der Waals surface area (Å²) in [5.41, 5.74) is 1.53. The Kier molecular flexibility index (Phi) is 4.20. The van der Waals surface area contributed by atoms with Crippen LogP contribution in [0.15, 0.2) is 30.5 Å². The zero-order chi connectivity index (χ0) is 16.4. The fraction of sp³-hybridized carbons (Fsp3) is 0.188. The topological polar surface area (TPSA) is 60.7 Å². The van der Waals surface area contributed by atoms with Crippen molar-refractivity contribution in [2.75, 3.05) is 6.61 Å². The van der Waals surface area contributed by atoms with Gasteiger partial charge in [-0.15, -0.1) is 11.3 Å². The lowest BCUT2D eigenvalue weighted by Crippen LogP contribution is -2.06. The molecule has 5 nitrogen and oxygen atoms in total. The molecule has 7 heteroatoms. The summed E-state index contributed by atoms with van der Waals surface area (Å²) in [6.07, 6.45) is 2.56. The van der Waals surface area contributed by atoms with Gasteiger partial charge in [-0.3, -0.25) is 14.0 Å². The van der Waals surface area contributed by atoms with Gasteiger partial charge in [-0.1, -0.05) is 0 Å². The number of ether oxygens (including phenoxy) is 1. The first-order valence-corrected chi connectivity index (χ1v) is 7.81. The number of hydrogen-bond donors (Lipinski definition) is 0. The van der Waals surface area contributed by atoms with Gasteiger partial charge in [-0.2, -0.15) is 0 Å². The number of rotatable bonds is 5. The van der Waals surface area contributed by atoms with Crippen molar-refractivity contribution in [1.82, 2.24) is 9.38 Å². The molecule has 1 aromatic carbocycles. The molecule has 3 aromatic rings. The molecule has 0 unspecified atom stereocenters. The first-order valence-electron chi connectivity index (χ1n) is 7.00. The monoisotopic (exact) mass is 332 g/mol. The number of carbonyl (C=O) groups is 2. The molecule has 0 aliphatic rings. The van der Waals surface area contributed by atoms with E-state index in [9.17, 15) is 14.0 Å². The van der Waals surface area contributed by atoms with E-state index in [0.29, 0.717) is 34.8 Å². The van der Waals surface area contributed by atoms with Gasteiger partial charge >= 0.3 is 5.97 Å². The van der Waals surface area contributed by atoms with Crippen molar-refractivity contribution < 1.29 is 18.7 Å². The average Bonchev–Trinajstić information content (AvgIpc) is 3.04. The highest BCUT2D eigenvalue weighted by molar-refractivity contribution is 7.17. The van der Waals surface area contributed by atoms with Crippen molar-refractivity contribution in [2.45, 2.75) is 13.3 Å². The quantitative estimate of drug-likeness (QED) is 0.532. The molecule has 0 amide bonds. The normalized spacial score (nSPS) is 10.9. The summed E-state index contributed by atoms with van der Waals surface area (Å²) >= 11 is 1.32. The van der Waals surface area contributed by atoms with Gasteiger partial charge < -0.3 is 4.74 Å². The molecule has 0 saturated carbocycles. The molecule has 0 aliphatic carbocycles. The summed E-state index contributed by atoms with van der Waals surface area (Å²) in [7, 11) is 0. The van der Waals surface area contributed by atoms with E-state index in [4.69, 9.17) is 4.74 Å². The highest BCUT2D eigenvalue weighted by Gasteiger charge is 2.17. The molecule has 23 heavy (non-hydrogen) atoms. The standard InChI is InChI=1S/C16H13FN2O3S/c1-2-22-14(21)7-12-8-19-13(9-20)15(18-16(19)23-12)10-3-5-11(17)6-4-10/h3-6,8-9H,2,7H2,1H3. The van der Waals surface area contributed by atoms with Gasteiger partial charge in [-0.25, -0.2) is 9.37 Å². The first-order chi connectivity index (χ1) is 11.1. The SMILES string of the molecule is CCOC(=O)Cc1cn2c(C=O)c(-c3ccc(F)cc3)nc2s1. The van der Waals surface area contributed by atoms with Crippen LogP contribution in [0.3, 0.4) is 0 Å². The summed E-state index contributed by atoms with van der Waals surface area (Å²) in [6.45, 7) is 2.08. The average molecular weight is 332 g/mol. The van der Waals surface area contributed by atoms with Crippen molar-refractivity contribution in [3.8, 4) is 11.3 Å². The molecule has 118 valence electrons. The van der Waals surface area contributed by atoms with Crippen LogP contribution in [0.2, 0.25) is 0 Å². The summed E-state index contributed by atoms with van der Waals surface area (Å²) in [6, 6.07) is 5.80. The van der Waals surface area contributed by atoms with Gasteiger partial charge in [0.05, 0.1) is 13.0 Å². The number of nitrogens with zero attached hydrogens (tertiary/aromatic N) is 2. The van der Waals surface area contributed by atoms with Gasteiger partial charge in [-0.05, 0) is 31.2 Å². The van der Waals surface area contributed by atoms with Crippen LogP contribution in [0, 0.1) is 5.82 Å². The number of aldehydes is 1. The van der Waals surface area contributed by atoms with Crippen LogP contribution in [0.25, 0.3) is 16.2 Å². The van der Waals surface area contributed by atoms with Gasteiger partial charge in [0.2, 0.25) is 0 Å². The number of fused-ring (bicyclic) bond motifs is 1. The Bertz CT molecular complexity index is 867. The summed E-state index contributed by atoms with van der Waals surface area (Å²) in [5, 5.41) is 0. The molecule has 0 fully saturated rings. The highest BCUT2D eigenvalue weighted by atomic mass is 32.1. The zero-order valence-electron chi connectivity index (χ0n) is 12.3. The van der Waals surface area contributed by atoms with E-state index in [0.717, 1.165) is 4.88 Å². The van der Waals surface area contributed by atoms with Crippen LogP contribution >= 0.6 is 11.3 Å². The molecule has 0 N–H and O–H groups in total. The van der Waals surface area contributed by atoms with Crippen molar-refractivity contribution in [2.24, 2.45) is 0 Å². The van der Waals surface area contributed by atoms with Crippen molar-refractivity contribution in [3.63, 3.8) is 0 Å². The summed E-state index contributed by atoms with van der Waals surface area (Å²) < 4.78 is 19.6. The number of thiazole rings is 1. The minimum absolute atomic E-state index is 0.145. The maximum atomic E-state index is 13.0. The molecule has 0 radical (unpaired) electrons. The van der Waals surface area contributed by atoms with E-state index in [1.54, 1.807) is 29.7 Å². The maximum absolute atomic E-state index is 13.0. The molecule has 3 rings (SSSR count). The van der Waals surface area contributed by atoms with Crippen molar-refractivity contribution in [1.29, 1.82) is 0 Å². The number of imidazole rings is 1. The molecule has 2 heterocycles. The van der Waals surface area contributed by atoms with Gasteiger partial charge in [0.15, 0.2) is 11.2 Å². The Balaban J connectivity index is 1.99. The molecule has 0 saturated heterocycles. The number of aromatic nitrogens is 2. The van der Waals surface area contributed by atoms with E-state index in [2.05, 4.69) is 4.98 Å². The zero-order valence-corrected chi connectivity index (χ0v) is 13.1. The minimum Gasteiger partial charge on any atom is -0.466 e. The number of benzene rings is 1. The van der Waals surface area contributed by atoms with Crippen LogP contribution in [0.5, 0.6) is 0 Å². The fourth-order valence-corrected chi connectivity index (χ4v) is 3.25. The van der Waals surface area contributed by atoms with E-state index < -0.39 is 0 Å². The van der Waals surface area contributed by atoms with Crippen LogP contribution in [-0.2, 0) is 16.0 Å². The van der Waals surface area contributed by atoms with Gasteiger partial charge in [0, 0.05) is 16.6 Å². The van der Waals surface area contributed by atoms with E-state index in [-0.39, 0.29) is 18.2 Å². The largest absolute Gasteiger partial charge is 0.466 e. The summed E-state index contributed by atoms with van der Waals surface area (Å²) in [5.74, 6) is -0.664. The molecule has 2 aromatic heterocycles. The second-order valence-electron chi connectivity index (χ2n) is 4.80. The summed E-state index contributed by atoms with van der Waals surface area (Å²) in [4.78, 5) is 28.8. The first kappa shape index (κ1) is 15.4. The maximum Gasteiger partial charge on any atom is 0.311 e. The lowest BCUT2D eigenvalue weighted by molar-refractivity contribution is -0.142. The molecule has 0 spiro atoms. The lowest BCUT2D eigenvalue weighted by Gasteiger charge is -1.99. The Morgan fingerprint density at radius 3 is 2.78 bits per heavy atom. The van der Waals surface area contributed by atoms with Crippen molar-refractivity contribution >= 4 is 28.6 Å². The third kappa shape index (κ3) is 3.00. The van der Waals surface area contributed by atoms with Gasteiger partial charge in [0.1, 0.15) is 17.2 Å². The Labute approximate surface area is 135 Å². The van der Waals surface area contributed by atoms with Crippen molar-refractivity contribution in [3.05, 3.63) is 46.9 Å². The fourth-order valence-electron chi connectivity index (χ4n) is 2.28. The smallest absolute Gasteiger partial charge is 0.311 e. The second-order valence-corrected chi connectivity index (χ2v) is 5.90. The number of carbonyl (C=O) groups excluding carboxylic acids is 2. The van der Waals surface area contributed by atoms with E-state index in [1.807, 2.05) is 0 Å². The number of hydrogen-bond acceptors (Lipinski definition) is 5.